The Morgan fingerprint density at radius 2 is 1.88 bits per heavy atom. The highest BCUT2D eigenvalue weighted by Crippen LogP contribution is 2.35. The summed E-state index contributed by atoms with van der Waals surface area (Å²) in [4.78, 5) is 13.9. The molecule has 1 fully saturated rings. The average molecular weight is 404 g/mol. The van der Waals surface area contributed by atoms with Crippen molar-refractivity contribution in [1.82, 2.24) is 4.90 Å². The standard InChI is InChI=1S/C15H16Cl3F3N2O/c1-8(23-4-2-3-9(7-23)15(19,20)21)14(24)22-13-6-11(17)10(16)5-12(13)18/h5-6,8-9H,2-4,7H2,1H3,(H,22,24). The number of carbonyl (C=O) groups excluding carboxylic acids is 1. The van der Waals surface area contributed by atoms with Gasteiger partial charge in [-0.1, -0.05) is 34.8 Å². The van der Waals surface area contributed by atoms with Gasteiger partial charge in [0.15, 0.2) is 0 Å². The van der Waals surface area contributed by atoms with Crippen molar-refractivity contribution in [2.75, 3.05) is 18.4 Å². The van der Waals surface area contributed by atoms with Crippen LogP contribution in [0.4, 0.5) is 18.9 Å². The number of nitrogens with zero attached hydrogens (tertiary/aromatic N) is 1. The van der Waals surface area contributed by atoms with Gasteiger partial charge >= 0.3 is 6.18 Å². The van der Waals surface area contributed by atoms with Gasteiger partial charge in [0.25, 0.3) is 0 Å². The van der Waals surface area contributed by atoms with Gasteiger partial charge < -0.3 is 5.32 Å². The zero-order valence-corrected chi connectivity index (χ0v) is 15.0. The molecule has 1 aromatic carbocycles. The quantitative estimate of drug-likeness (QED) is 0.699. The Balaban J connectivity index is 2.06. The first-order valence-electron chi connectivity index (χ1n) is 7.35. The van der Waals surface area contributed by atoms with Crippen molar-refractivity contribution in [3.8, 4) is 0 Å². The largest absolute Gasteiger partial charge is 0.393 e. The molecule has 9 heteroatoms. The number of rotatable bonds is 3. The number of benzene rings is 1. The minimum atomic E-state index is -4.25. The van der Waals surface area contributed by atoms with Crippen LogP contribution < -0.4 is 5.32 Å². The minimum absolute atomic E-state index is 0.0902. The second-order valence-corrected chi connectivity index (χ2v) is 7.01. The van der Waals surface area contributed by atoms with Crippen LogP contribution in [0, 0.1) is 5.92 Å². The maximum Gasteiger partial charge on any atom is 0.393 e. The predicted molar refractivity (Wildman–Crippen MR) is 89.9 cm³/mol. The average Bonchev–Trinajstić information content (AvgIpc) is 2.51. The number of alkyl halides is 3. The zero-order valence-electron chi connectivity index (χ0n) is 12.8. The number of hydrogen-bond donors (Lipinski definition) is 1. The SMILES string of the molecule is CC(C(=O)Nc1cc(Cl)c(Cl)cc1Cl)N1CCCC(C(F)(F)F)C1. The van der Waals surface area contributed by atoms with Crippen molar-refractivity contribution < 1.29 is 18.0 Å². The van der Waals surface area contributed by atoms with Crippen molar-refractivity contribution in [2.24, 2.45) is 5.92 Å². The fourth-order valence-corrected chi connectivity index (χ4v) is 3.24. The molecule has 2 unspecified atom stereocenters. The number of anilines is 1. The summed E-state index contributed by atoms with van der Waals surface area (Å²) in [5.74, 6) is -1.85. The summed E-state index contributed by atoms with van der Waals surface area (Å²) in [6.45, 7) is 1.82. The van der Waals surface area contributed by atoms with E-state index in [1.165, 1.54) is 17.0 Å². The molecule has 0 spiro atoms. The van der Waals surface area contributed by atoms with E-state index in [9.17, 15) is 18.0 Å². The summed E-state index contributed by atoms with van der Waals surface area (Å²) in [7, 11) is 0. The van der Waals surface area contributed by atoms with Crippen LogP contribution in [0.2, 0.25) is 15.1 Å². The molecule has 134 valence electrons. The maximum absolute atomic E-state index is 12.9. The van der Waals surface area contributed by atoms with Gasteiger partial charge in [-0.25, -0.2) is 0 Å². The molecule has 1 amide bonds. The van der Waals surface area contributed by atoms with E-state index in [4.69, 9.17) is 34.8 Å². The van der Waals surface area contributed by atoms with Crippen molar-refractivity contribution in [3.05, 3.63) is 27.2 Å². The van der Waals surface area contributed by atoms with Gasteiger partial charge in [0.05, 0.1) is 32.7 Å². The lowest BCUT2D eigenvalue weighted by molar-refractivity contribution is -0.188. The Labute approximate surface area is 153 Å². The van der Waals surface area contributed by atoms with Gasteiger partial charge in [-0.3, -0.25) is 9.69 Å². The van der Waals surface area contributed by atoms with E-state index in [-0.39, 0.29) is 33.7 Å². The number of amides is 1. The molecule has 3 nitrogen and oxygen atoms in total. The third-order valence-corrected chi connectivity index (χ3v) is 5.15. The van der Waals surface area contributed by atoms with E-state index in [0.29, 0.717) is 13.0 Å². The first kappa shape index (κ1) is 19.6. The van der Waals surface area contributed by atoms with Crippen LogP contribution in [-0.2, 0) is 4.79 Å². The highest BCUT2D eigenvalue weighted by molar-refractivity contribution is 6.44. The van der Waals surface area contributed by atoms with Gasteiger partial charge in [-0.2, -0.15) is 13.2 Å². The Morgan fingerprint density at radius 1 is 1.25 bits per heavy atom. The molecule has 24 heavy (non-hydrogen) atoms. The summed E-state index contributed by atoms with van der Waals surface area (Å²) in [6, 6.07) is 2.08. The Kier molecular flexibility index (Phi) is 6.29. The normalized spacial score (nSPS) is 20.7. The molecule has 0 bridgehead atoms. The van der Waals surface area contributed by atoms with Gasteiger partial charge in [-0.15, -0.1) is 0 Å². The highest BCUT2D eigenvalue weighted by atomic mass is 35.5. The van der Waals surface area contributed by atoms with Crippen molar-refractivity contribution >= 4 is 46.4 Å². The monoisotopic (exact) mass is 402 g/mol. The lowest BCUT2D eigenvalue weighted by atomic mass is 9.96. The van der Waals surface area contributed by atoms with Crippen molar-refractivity contribution in [2.45, 2.75) is 32.0 Å². The fraction of sp³-hybridized carbons (Fsp3) is 0.533. The molecule has 1 aliphatic rings. The zero-order chi connectivity index (χ0) is 18.1. The second kappa shape index (κ2) is 7.68. The van der Waals surface area contributed by atoms with Gasteiger partial charge in [-0.05, 0) is 38.4 Å². The minimum Gasteiger partial charge on any atom is -0.323 e. The van der Waals surface area contributed by atoms with Crippen LogP contribution in [0.3, 0.4) is 0 Å². The molecule has 1 N–H and O–H groups in total. The molecule has 1 aliphatic heterocycles. The molecular formula is C15H16Cl3F3N2O. The lowest BCUT2D eigenvalue weighted by Gasteiger charge is -2.36. The fourth-order valence-electron chi connectivity index (χ4n) is 2.65. The summed E-state index contributed by atoms with van der Waals surface area (Å²) in [6.07, 6.45) is -3.76. The van der Waals surface area contributed by atoms with E-state index >= 15 is 0 Å². The maximum atomic E-state index is 12.9. The van der Waals surface area contributed by atoms with Crippen LogP contribution in [0.5, 0.6) is 0 Å². The molecule has 0 saturated carbocycles. The summed E-state index contributed by atoms with van der Waals surface area (Å²) >= 11 is 17.7. The number of halogens is 6. The predicted octanol–water partition coefficient (Wildman–Crippen LogP) is 5.25. The molecule has 1 heterocycles. The summed E-state index contributed by atoms with van der Waals surface area (Å²) in [5, 5.41) is 3.27. The first-order chi connectivity index (χ1) is 11.1. The third kappa shape index (κ3) is 4.69. The molecular weight excluding hydrogens is 388 g/mol. The van der Waals surface area contributed by atoms with E-state index in [1.807, 2.05) is 0 Å². The lowest BCUT2D eigenvalue weighted by Crippen LogP contribution is -2.49. The van der Waals surface area contributed by atoms with E-state index in [2.05, 4.69) is 5.32 Å². The van der Waals surface area contributed by atoms with E-state index in [0.717, 1.165) is 0 Å². The number of piperidine rings is 1. The summed E-state index contributed by atoms with van der Waals surface area (Å²) < 4.78 is 38.7. The molecule has 0 aromatic heterocycles. The smallest absolute Gasteiger partial charge is 0.323 e. The topological polar surface area (TPSA) is 32.3 Å². The van der Waals surface area contributed by atoms with Crippen LogP contribution in [0.1, 0.15) is 19.8 Å². The molecule has 2 atom stereocenters. The molecule has 0 radical (unpaired) electrons. The van der Waals surface area contributed by atoms with Gasteiger partial charge in [0.2, 0.25) is 5.91 Å². The third-order valence-electron chi connectivity index (χ3n) is 4.11. The van der Waals surface area contributed by atoms with Gasteiger partial charge in [0, 0.05) is 6.54 Å². The number of carbonyl (C=O) groups is 1. The van der Waals surface area contributed by atoms with Crippen LogP contribution >= 0.6 is 34.8 Å². The van der Waals surface area contributed by atoms with Crippen molar-refractivity contribution in [3.63, 3.8) is 0 Å². The first-order valence-corrected chi connectivity index (χ1v) is 8.49. The number of likely N-dealkylation sites (tertiary alicyclic amines) is 1. The number of nitrogens with one attached hydrogen (secondary N) is 1. The van der Waals surface area contributed by atoms with Crippen LogP contribution in [0.25, 0.3) is 0 Å². The van der Waals surface area contributed by atoms with E-state index < -0.39 is 24.0 Å². The Hall–Kier alpha value is -0.690. The van der Waals surface area contributed by atoms with Crippen LogP contribution in [0.15, 0.2) is 12.1 Å². The second-order valence-electron chi connectivity index (χ2n) is 5.79. The molecule has 2 rings (SSSR count). The van der Waals surface area contributed by atoms with Gasteiger partial charge in [0.1, 0.15) is 0 Å². The molecule has 1 aromatic rings. The van der Waals surface area contributed by atoms with E-state index in [1.54, 1.807) is 6.92 Å². The Bertz CT molecular complexity index is 625. The Morgan fingerprint density at radius 3 is 2.50 bits per heavy atom. The summed E-state index contributed by atoms with van der Waals surface area (Å²) in [5.41, 5.74) is 0.271. The number of hydrogen-bond acceptors (Lipinski definition) is 2. The molecule has 1 saturated heterocycles. The molecule has 0 aliphatic carbocycles. The van der Waals surface area contributed by atoms with Crippen LogP contribution in [-0.4, -0.2) is 36.1 Å². The highest BCUT2D eigenvalue weighted by Gasteiger charge is 2.43. The van der Waals surface area contributed by atoms with Crippen molar-refractivity contribution in [1.29, 1.82) is 0 Å².